The molecule has 0 radical (unpaired) electrons. The maximum Gasteiger partial charge on any atom is 0.416 e. The van der Waals surface area contributed by atoms with Crippen molar-refractivity contribution < 1.29 is 60.3 Å². The third kappa shape index (κ3) is 9.92. The lowest BCUT2D eigenvalue weighted by atomic mass is 9.98. The van der Waals surface area contributed by atoms with Gasteiger partial charge in [0.15, 0.2) is 17.2 Å². The highest BCUT2D eigenvalue weighted by Crippen LogP contribution is 2.41. The smallest absolute Gasteiger partial charge is 0.416 e. The molecule has 2 aromatic heterocycles. The number of aromatic nitrogens is 3. The van der Waals surface area contributed by atoms with Gasteiger partial charge in [0.1, 0.15) is 17.0 Å². The molecule has 11 nitrogen and oxygen atoms in total. The van der Waals surface area contributed by atoms with E-state index in [1.807, 2.05) is 0 Å². The molecule has 4 aromatic rings. The van der Waals surface area contributed by atoms with E-state index >= 15 is 0 Å². The van der Waals surface area contributed by atoms with Crippen LogP contribution >= 0.6 is 0 Å². The van der Waals surface area contributed by atoms with Crippen LogP contribution in [0, 0.1) is 0 Å². The number of alkyl halides is 6. The van der Waals surface area contributed by atoms with E-state index in [-0.39, 0.29) is 78.0 Å². The molecule has 17 heteroatoms. The number of carboxylic acids is 1. The van der Waals surface area contributed by atoms with Gasteiger partial charge < -0.3 is 34.1 Å². The predicted octanol–water partition coefficient (Wildman–Crippen LogP) is 7.28. The summed E-state index contributed by atoms with van der Waals surface area (Å²) < 4.78 is 105. The summed E-state index contributed by atoms with van der Waals surface area (Å²) in [6.45, 7) is 2.32. The van der Waals surface area contributed by atoms with Crippen LogP contribution in [0.5, 0.6) is 23.0 Å². The second kappa shape index (κ2) is 15.9. The van der Waals surface area contributed by atoms with Crippen LogP contribution in [0.4, 0.5) is 32.3 Å². The number of hydrogen-bond acceptors (Lipinski definition) is 10. The van der Waals surface area contributed by atoms with Gasteiger partial charge in [-0.05, 0) is 73.9 Å². The van der Waals surface area contributed by atoms with E-state index in [4.69, 9.17) is 24.1 Å². The minimum absolute atomic E-state index is 0.0245. The fourth-order valence-corrected chi connectivity index (χ4v) is 5.11. The summed E-state index contributed by atoms with van der Waals surface area (Å²) in [5.41, 5.74) is -3.45. The van der Waals surface area contributed by atoms with Crippen molar-refractivity contribution >= 4 is 11.9 Å². The van der Waals surface area contributed by atoms with Gasteiger partial charge in [-0.15, -0.1) is 0 Å². The zero-order valence-corrected chi connectivity index (χ0v) is 28.7. The zero-order chi connectivity index (χ0) is 38.4. The molecule has 280 valence electrons. The molecule has 0 spiro atoms. The van der Waals surface area contributed by atoms with Crippen LogP contribution in [0.3, 0.4) is 0 Å². The number of carboxylic acid groups (broad SMARTS) is 1. The molecular weight excluding hydrogens is 702 g/mol. The molecule has 0 aliphatic rings. The van der Waals surface area contributed by atoms with Crippen molar-refractivity contribution in [1.29, 1.82) is 0 Å². The summed E-state index contributed by atoms with van der Waals surface area (Å²) in [7, 11) is 4.19. The molecule has 0 unspecified atom stereocenters. The number of aliphatic carboxylic acids is 1. The van der Waals surface area contributed by atoms with E-state index in [1.54, 1.807) is 24.3 Å². The molecule has 0 aliphatic heterocycles. The van der Waals surface area contributed by atoms with Crippen LogP contribution in [0.1, 0.15) is 54.6 Å². The molecule has 0 bridgehead atoms. The lowest BCUT2D eigenvalue weighted by molar-refractivity contribution is -0.143. The van der Waals surface area contributed by atoms with Gasteiger partial charge in [0, 0.05) is 25.1 Å². The summed E-state index contributed by atoms with van der Waals surface area (Å²) in [5, 5.41) is 19.6. The Morgan fingerprint density at radius 2 is 1.38 bits per heavy atom. The summed E-state index contributed by atoms with van der Waals surface area (Å²) in [6.07, 6.45) is -7.63. The first-order valence-electron chi connectivity index (χ1n) is 15.6. The number of nitrogens with zero attached hydrogens (tertiary/aromatic N) is 4. The van der Waals surface area contributed by atoms with E-state index in [2.05, 4.69) is 15.0 Å². The number of anilines is 1. The number of carbonyl (C=O) groups is 1. The first-order chi connectivity index (χ1) is 24.3. The maximum atomic E-state index is 13.8. The minimum atomic E-state index is -5.08. The van der Waals surface area contributed by atoms with Gasteiger partial charge >= 0.3 is 18.3 Å². The van der Waals surface area contributed by atoms with Gasteiger partial charge in [-0.1, -0.05) is 0 Å². The first kappa shape index (κ1) is 39.5. The number of ether oxygens (including phenoxy) is 4. The Balaban J connectivity index is 1.89. The van der Waals surface area contributed by atoms with Crippen LogP contribution in [-0.2, 0) is 35.8 Å². The van der Waals surface area contributed by atoms with Crippen LogP contribution in [0.25, 0.3) is 11.3 Å². The Labute approximate surface area is 294 Å². The van der Waals surface area contributed by atoms with Crippen molar-refractivity contribution in [1.82, 2.24) is 15.0 Å². The Morgan fingerprint density at radius 3 is 1.90 bits per heavy atom. The molecule has 0 atom stereocenters. The third-order valence-electron chi connectivity index (χ3n) is 7.65. The number of pyridine rings is 1. The van der Waals surface area contributed by atoms with Crippen molar-refractivity contribution in [2.24, 2.45) is 0 Å². The molecular formula is C35H36F6N4O7. The van der Waals surface area contributed by atoms with Crippen LogP contribution in [0.2, 0.25) is 0 Å². The molecule has 0 amide bonds. The molecule has 52 heavy (non-hydrogen) atoms. The highest BCUT2D eigenvalue weighted by atomic mass is 19.4. The molecule has 0 fully saturated rings. The lowest BCUT2D eigenvalue weighted by Gasteiger charge is -2.26. The van der Waals surface area contributed by atoms with Gasteiger partial charge in [0.2, 0.25) is 5.95 Å². The Bertz CT molecular complexity index is 1830. The number of aliphatic hydroxyl groups is 1. The highest BCUT2D eigenvalue weighted by Gasteiger charge is 2.37. The van der Waals surface area contributed by atoms with Crippen molar-refractivity contribution in [2.75, 3.05) is 32.8 Å². The van der Waals surface area contributed by atoms with Gasteiger partial charge in [-0.3, -0.25) is 4.79 Å². The van der Waals surface area contributed by atoms with Gasteiger partial charge in [0.05, 0.1) is 57.2 Å². The zero-order valence-electron chi connectivity index (χ0n) is 28.7. The molecule has 4 rings (SSSR count). The van der Waals surface area contributed by atoms with E-state index in [0.29, 0.717) is 23.3 Å². The number of hydrogen-bond donors (Lipinski definition) is 2. The Kier molecular flexibility index (Phi) is 12.1. The fraction of sp³-hybridized carbons (Fsp3) is 0.371. The monoisotopic (exact) mass is 738 g/mol. The van der Waals surface area contributed by atoms with Crippen LogP contribution in [-0.4, -0.2) is 59.1 Å². The van der Waals surface area contributed by atoms with Crippen molar-refractivity contribution in [2.45, 2.75) is 57.7 Å². The summed E-state index contributed by atoms with van der Waals surface area (Å²) in [4.78, 5) is 25.4. The largest absolute Gasteiger partial charge is 0.494 e. The van der Waals surface area contributed by atoms with Gasteiger partial charge in [0.25, 0.3) is 0 Å². The number of rotatable bonds is 15. The number of benzene rings is 2. The average Bonchev–Trinajstić information content (AvgIpc) is 3.08. The summed E-state index contributed by atoms with van der Waals surface area (Å²) in [5.74, 6) is -0.182. The standard InChI is InChI=1S/C35H36F6N4O7/c1-33(2,48)29-9-8-26(49-3)31(44-29)25-15-28(51-5)27(50-4)13-21(25)19-45(32-42-16-24(17-43-32)52-10-6-7-30(46)47)18-20-11-22(34(36,37)38)14-23(12-20)35(39,40)41/h8-9,11-17,48H,6-7,10,18-19H2,1-5H3,(H,46,47). The topological polar surface area (TPSA) is 136 Å². The number of halogens is 6. The molecule has 2 aromatic carbocycles. The van der Waals surface area contributed by atoms with E-state index in [0.717, 1.165) is 0 Å². The van der Waals surface area contributed by atoms with Gasteiger partial charge in [-0.25, -0.2) is 15.0 Å². The number of methoxy groups -OCH3 is 3. The minimum Gasteiger partial charge on any atom is -0.494 e. The first-order valence-corrected chi connectivity index (χ1v) is 15.6. The molecule has 2 heterocycles. The van der Waals surface area contributed by atoms with Crippen molar-refractivity contribution in [3.63, 3.8) is 0 Å². The summed E-state index contributed by atoms with van der Waals surface area (Å²) >= 11 is 0. The Morgan fingerprint density at radius 1 is 0.808 bits per heavy atom. The normalized spacial score (nSPS) is 12.0. The Hall–Kier alpha value is -5.32. The quantitative estimate of drug-likeness (QED) is 0.0941. The van der Waals surface area contributed by atoms with Crippen LogP contribution < -0.4 is 23.8 Å². The predicted molar refractivity (Wildman–Crippen MR) is 175 cm³/mol. The lowest BCUT2D eigenvalue weighted by Crippen LogP contribution is -2.25. The maximum absolute atomic E-state index is 13.8. The summed E-state index contributed by atoms with van der Waals surface area (Å²) in [6, 6.07) is 7.58. The van der Waals surface area contributed by atoms with Crippen molar-refractivity contribution in [3.8, 4) is 34.3 Å². The second-order valence-electron chi connectivity index (χ2n) is 12.0. The molecule has 0 saturated carbocycles. The average molecular weight is 739 g/mol. The molecule has 0 saturated heterocycles. The third-order valence-corrected chi connectivity index (χ3v) is 7.65. The second-order valence-corrected chi connectivity index (χ2v) is 12.0. The molecule has 2 N–H and O–H groups in total. The van der Waals surface area contributed by atoms with E-state index < -0.39 is 41.6 Å². The SMILES string of the molecule is COc1cc(CN(Cc2cc(C(F)(F)F)cc(C(F)(F)F)c2)c2ncc(OCCCC(=O)O)cn2)c(-c2nc(C(C)(C)O)ccc2OC)cc1OC. The highest BCUT2D eigenvalue weighted by molar-refractivity contribution is 5.74. The van der Waals surface area contributed by atoms with Gasteiger partial charge in [-0.2, -0.15) is 26.3 Å². The van der Waals surface area contributed by atoms with Crippen LogP contribution in [0.15, 0.2) is 54.9 Å². The van der Waals surface area contributed by atoms with Crippen molar-refractivity contribution in [3.05, 3.63) is 82.8 Å². The fourth-order valence-electron chi connectivity index (χ4n) is 5.11. The van der Waals surface area contributed by atoms with E-state index in [1.165, 1.54) is 52.5 Å². The van der Waals surface area contributed by atoms with E-state index in [9.17, 15) is 36.2 Å². The molecule has 0 aliphatic carbocycles.